The maximum Gasteiger partial charge on any atom is 0.239 e. The van der Waals surface area contributed by atoms with Crippen molar-refractivity contribution in [3.8, 4) is 6.07 Å². The molecule has 0 aliphatic rings. The minimum Gasteiger partial charge on any atom is -0.340 e. The molecule has 0 fully saturated rings. The number of nitrogens with zero attached hydrogens (tertiary/aromatic N) is 2. The average Bonchev–Trinajstić information content (AvgIpc) is 2.30. The minimum atomic E-state index is -0.600. The third kappa shape index (κ3) is 3.25. The molecule has 1 aromatic rings. The fourth-order valence-corrected chi connectivity index (χ4v) is 1.45. The van der Waals surface area contributed by atoms with Gasteiger partial charge in [0.05, 0.1) is 6.07 Å². The molecule has 1 amide bonds. The second-order valence-corrected chi connectivity index (χ2v) is 4.11. The van der Waals surface area contributed by atoms with Crippen molar-refractivity contribution >= 4 is 17.5 Å². The van der Waals surface area contributed by atoms with Gasteiger partial charge in [0, 0.05) is 18.6 Å². The highest BCUT2D eigenvalue weighted by atomic mass is 35.5. The predicted molar refractivity (Wildman–Crippen MR) is 62.7 cm³/mol. The van der Waals surface area contributed by atoms with Crippen LogP contribution in [0.5, 0.6) is 0 Å². The van der Waals surface area contributed by atoms with E-state index in [4.69, 9.17) is 16.9 Å². The summed E-state index contributed by atoms with van der Waals surface area (Å²) in [5.74, 6) is -0.769. The van der Waals surface area contributed by atoms with Crippen molar-refractivity contribution in [3.63, 3.8) is 0 Å². The molecule has 0 heterocycles. The number of hydrogen-bond donors (Lipinski definition) is 0. The van der Waals surface area contributed by atoms with Crippen molar-refractivity contribution in [1.29, 1.82) is 5.26 Å². The van der Waals surface area contributed by atoms with Gasteiger partial charge in [0.2, 0.25) is 5.91 Å². The van der Waals surface area contributed by atoms with E-state index >= 15 is 0 Å². The summed E-state index contributed by atoms with van der Waals surface area (Å²) in [6, 6.07) is 9.22. The minimum absolute atomic E-state index is 0.169. The molecule has 0 aliphatic heterocycles. The lowest BCUT2D eigenvalue weighted by Gasteiger charge is -2.18. The van der Waals surface area contributed by atoms with Gasteiger partial charge in [-0.3, -0.25) is 4.79 Å². The highest BCUT2D eigenvalue weighted by molar-refractivity contribution is 6.30. The lowest BCUT2D eigenvalue weighted by molar-refractivity contribution is -0.132. The van der Waals surface area contributed by atoms with Crippen LogP contribution < -0.4 is 0 Å². The Balaban J connectivity index is 2.65. The molecule has 0 radical (unpaired) electrons. The predicted octanol–water partition coefficient (Wildman–Crippen LogP) is 2.46. The molecule has 0 bridgehead atoms. The molecule has 1 atom stereocenters. The fraction of sp³-hybridized carbons (Fsp3) is 0.333. The molecular formula is C12H13ClN2O. The molecule has 0 saturated heterocycles. The zero-order valence-electron chi connectivity index (χ0n) is 9.27. The number of carbonyl (C=O) groups excluding carboxylic acids is 1. The Hall–Kier alpha value is -1.53. The molecule has 4 heteroatoms. The van der Waals surface area contributed by atoms with Crippen molar-refractivity contribution in [3.05, 3.63) is 34.9 Å². The van der Waals surface area contributed by atoms with E-state index in [1.807, 2.05) is 18.2 Å². The van der Waals surface area contributed by atoms with Crippen LogP contribution in [-0.2, 0) is 11.3 Å². The van der Waals surface area contributed by atoms with Gasteiger partial charge in [0.1, 0.15) is 5.92 Å². The van der Waals surface area contributed by atoms with Crippen LogP contribution >= 0.6 is 11.6 Å². The summed E-state index contributed by atoms with van der Waals surface area (Å²) >= 11 is 5.76. The number of hydrogen-bond acceptors (Lipinski definition) is 2. The standard InChI is InChI=1S/C12H13ClN2O/c1-9(7-14)12(16)15(2)8-10-3-5-11(13)6-4-10/h3-6,9H,8H2,1-2H3. The number of halogens is 1. The summed E-state index contributed by atoms with van der Waals surface area (Å²) in [4.78, 5) is 13.2. The third-order valence-corrected chi connectivity index (χ3v) is 2.53. The summed E-state index contributed by atoms with van der Waals surface area (Å²) in [7, 11) is 1.69. The largest absolute Gasteiger partial charge is 0.340 e. The van der Waals surface area contributed by atoms with Gasteiger partial charge < -0.3 is 4.90 Å². The zero-order valence-corrected chi connectivity index (χ0v) is 10.0. The van der Waals surface area contributed by atoms with E-state index in [9.17, 15) is 4.79 Å². The molecule has 1 unspecified atom stereocenters. The highest BCUT2D eigenvalue weighted by Gasteiger charge is 2.16. The quantitative estimate of drug-likeness (QED) is 0.809. The number of amides is 1. The van der Waals surface area contributed by atoms with Gasteiger partial charge in [-0.25, -0.2) is 0 Å². The first-order valence-corrected chi connectivity index (χ1v) is 5.31. The molecule has 0 saturated carbocycles. The summed E-state index contributed by atoms with van der Waals surface area (Å²) in [6.45, 7) is 2.09. The lowest BCUT2D eigenvalue weighted by Crippen LogP contribution is -2.30. The van der Waals surface area contributed by atoms with Gasteiger partial charge in [-0.1, -0.05) is 23.7 Å². The number of benzene rings is 1. The topological polar surface area (TPSA) is 44.1 Å². The van der Waals surface area contributed by atoms with E-state index in [0.717, 1.165) is 5.56 Å². The zero-order chi connectivity index (χ0) is 12.1. The van der Waals surface area contributed by atoms with E-state index in [0.29, 0.717) is 11.6 Å². The molecule has 1 rings (SSSR count). The van der Waals surface area contributed by atoms with Gasteiger partial charge in [0.25, 0.3) is 0 Å². The first-order valence-electron chi connectivity index (χ1n) is 4.93. The van der Waals surface area contributed by atoms with Crippen LogP contribution in [0.1, 0.15) is 12.5 Å². The normalized spacial score (nSPS) is 11.6. The summed E-state index contributed by atoms with van der Waals surface area (Å²) < 4.78 is 0. The smallest absolute Gasteiger partial charge is 0.239 e. The van der Waals surface area contributed by atoms with Gasteiger partial charge in [-0.15, -0.1) is 0 Å². The van der Waals surface area contributed by atoms with Crippen LogP contribution in [0.4, 0.5) is 0 Å². The highest BCUT2D eigenvalue weighted by Crippen LogP contribution is 2.11. The molecule has 0 aliphatic carbocycles. The lowest BCUT2D eigenvalue weighted by atomic mass is 10.1. The van der Waals surface area contributed by atoms with Crippen molar-refractivity contribution in [2.24, 2.45) is 5.92 Å². The Morgan fingerprint density at radius 2 is 2.06 bits per heavy atom. The van der Waals surface area contributed by atoms with Crippen LogP contribution in [0.2, 0.25) is 5.02 Å². The molecule has 1 aromatic carbocycles. The average molecular weight is 237 g/mol. The van der Waals surface area contributed by atoms with Crippen molar-refractivity contribution < 1.29 is 4.79 Å². The molecule has 0 spiro atoms. The van der Waals surface area contributed by atoms with Crippen LogP contribution in [0.15, 0.2) is 24.3 Å². The van der Waals surface area contributed by atoms with E-state index in [-0.39, 0.29) is 5.91 Å². The van der Waals surface area contributed by atoms with Gasteiger partial charge >= 0.3 is 0 Å². The Morgan fingerprint density at radius 3 is 2.56 bits per heavy atom. The van der Waals surface area contributed by atoms with Crippen LogP contribution in [-0.4, -0.2) is 17.9 Å². The van der Waals surface area contributed by atoms with Crippen molar-refractivity contribution in [1.82, 2.24) is 4.90 Å². The molecular weight excluding hydrogens is 224 g/mol. The Labute approximate surface area is 100 Å². The van der Waals surface area contributed by atoms with Gasteiger partial charge in [0.15, 0.2) is 0 Å². The third-order valence-electron chi connectivity index (χ3n) is 2.27. The van der Waals surface area contributed by atoms with Crippen molar-refractivity contribution in [2.75, 3.05) is 7.05 Å². The molecule has 16 heavy (non-hydrogen) atoms. The van der Waals surface area contributed by atoms with Gasteiger partial charge in [-0.05, 0) is 24.6 Å². The second-order valence-electron chi connectivity index (χ2n) is 3.67. The number of rotatable bonds is 3. The maximum atomic E-state index is 11.6. The van der Waals surface area contributed by atoms with E-state index in [2.05, 4.69) is 0 Å². The summed E-state index contributed by atoms with van der Waals surface area (Å²) in [5.41, 5.74) is 0.991. The summed E-state index contributed by atoms with van der Waals surface area (Å²) in [6.07, 6.45) is 0. The summed E-state index contributed by atoms with van der Waals surface area (Å²) in [5, 5.41) is 9.31. The molecule has 3 nitrogen and oxygen atoms in total. The van der Waals surface area contributed by atoms with Gasteiger partial charge in [-0.2, -0.15) is 5.26 Å². The molecule has 0 N–H and O–H groups in total. The molecule has 84 valence electrons. The Kier molecular flexibility index (Phi) is 4.33. The second kappa shape index (κ2) is 5.53. The SMILES string of the molecule is CC(C#N)C(=O)N(C)Cc1ccc(Cl)cc1. The van der Waals surface area contributed by atoms with E-state index < -0.39 is 5.92 Å². The number of nitriles is 1. The Bertz CT molecular complexity index is 408. The monoisotopic (exact) mass is 236 g/mol. The van der Waals surface area contributed by atoms with E-state index in [1.165, 1.54) is 4.90 Å². The van der Waals surface area contributed by atoms with E-state index in [1.54, 1.807) is 26.1 Å². The van der Waals surface area contributed by atoms with Crippen LogP contribution in [0.3, 0.4) is 0 Å². The first-order chi connectivity index (χ1) is 7.54. The fourth-order valence-electron chi connectivity index (χ4n) is 1.33. The Morgan fingerprint density at radius 1 is 1.50 bits per heavy atom. The molecule has 0 aromatic heterocycles. The maximum absolute atomic E-state index is 11.6. The number of carbonyl (C=O) groups is 1. The first kappa shape index (κ1) is 12.5. The van der Waals surface area contributed by atoms with Crippen LogP contribution in [0.25, 0.3) is 0 Å². The van der Waals surface area contributed by atoms with Crippen LogP contribution in [0, 0.1) is 17.2 Å². The van der Waals surface area contributed by atoms with Crippen molar-refractivity contribution in [2.45, 2.75) is 13.5 Å².